The number of hydrogen-bond donors (Lipinski definition) is 1. The summed E-state index contributed by atoms with van der Waals surface area (Å²) >= 11 is 2.87. The molecule has 0 saturated carbocycles. The van der Waals surface area contributed by atoms with Gasteiger partial charge in [0.05, 0.1) is 6.42 Å². The highest BCUT2D eigenvalue weighted by Crippen LogP contribution is 2.45. The Bertz CT molecular complexity index is 1670. The van der Waals surface area contributed by atoms with Crippen LogP contribution in [0, 0.1) is 0 Å². The van der Waals surface area contributed by atoms with Crippen molar-refractivity contribution in [1.29, 1.82) is 0 Å². The van der Waals surface area contributed by atoms with E-state index < -0.39 is 41.5 Å². The van der Waals surface area contributed by atoms with Gasteiger partial charge in [0.2, 0.25) is 5.91 Å². The Morgan fingerprint density at radius 1 is 0.822 bits per heavy atom. The largest absolute Gasteiger partial charge is 0.453 e. The molecule has 2 amide bonds. The van der Waals surface area contributed by atoms with E-state index in [-0.39, 0.29) is 23.8 Å². The van der Waals surface area contributed by atoms with Crippen molar-refractivity contribution in [3.8, 4) is 0 Å². The maximum atomic E-state index is 14.4. The molecule has 3 aromatic carbocycles. The first kappa shape index (κ1) is 30.4. The minimum absolute atomic E-state index is 0.0273. The van der Waals surface area contributed by atoms with Gasteiger partial charge in [-0.05, 0) is 28.1 Å². The van der Waals surface area contributed by atoms with Crippen LogP contribution in [0.15, 0.2) is 120 Å². The summed E-state index contributed by atoms with van der Waals surface area (Å²) in [5.41, 5.74) is 2.64. The Morgan fingerprint density at radius 3 is 1.93 bits per heavy atom. The first-order valence-corrected chi connectivity index (χ1v) is 16.4. The third-order valence-corrected chi connectivity index (χ3v) is 9.73. The number of amides is 2. The molecule has 2 aliphatic heterocycles. The number of carbonyl (C=O) groups is 4. The molecule has 3 heterocycles. The van der Waals surface area contributed by atoms with Crippen LogP contribution in [-0.4, -0.2) is 45.8 Å². The van der Waals surface area contributed by atoms with E-state index in [9.17, 15) is 19.2 Å². The van der Waals surface area contributed by atoms with E-state index in [0.29, 0.717) is 11.1 Å². The number of thioether (sulfide) groups is 1. The van der Waals surface area contributed by atoms with E-state index in [0.717, 1.165) is 16.0 Å². The van der Waals surface area contributed by atoms with Crippen LogP contribution in [-0.2, 0) is 35.1 Å². The average Bonchev–Trinajstić information content (AvgIpc) is 3.58. The molecule has 0 radical (unpaired) electrons. The van der Waals surface area contributed by atoms with Gasteiger partial charge in [-0.1, -0.05) is 97.1 Å². The Hall–Kier alpha value is -4.67. The van der Waals surface area contributed by atoms with Crippen molar-refractivity contribution < 1.29 is 28.7 Å². The van der Waals surface area contributed by atoms with Crippen molar-refractivity contribution in [3.63, 3.8) is 0 Å². The summed E-state index contributed by atoms with van der Waals surface area (Å²) in [6.45, 7) is 1.31. The van der Waals surface area contributed by atoms with Crippen molar-refractivity contribution in [2.75, 3.05) is 5.75 Å². The van der Waals surface area contributed by atoms with E-state index in [2.05, 4.69) is 5.32 Å². The molecule has 4 aromatic rings. The quantitative estimate of drug-likeness (QED) is 0.179. The van der Waals surface area contributed by atoms with E-state index in [1.54, 1.807) is 0 Å². The molecule has 0 spiro atoms. The minimum Gasteiger partial charge on any atom is -0.453 e. The molecule has 0 aliphatic carbocycles. The van der Waals surface area contributed by atoms with Gasteiger partial charge in [0.1, 0.15) is 17.1 Å². The van der Waals surface area contributed by atoms with Crippen molar-refractivity contribution in [1.82, 2.24) is 10.2 Å². The third-order valence-electron chi connectivity index (χ3n) is 7.55. The van der Waals surface area contributed by atoms with Gasteiger partial charge in [-0.3, -0.25) is 19.3 Å². The van der Waals surface area contributed by atoms with Crippen LogP contribution in [0.1, 0.15) is 40.7 Å². The van der Waals surface area contributed by atoms with Gasteiger partial charge >= 0.3 is 11.9 Å². The predicted molar refractivity (Wildman–Crippen MR) is 172 cm³/mol. The fraction of sp³-hybridized carbons (Fsp3) is 0.200. The normalized spacial score (nSPS) is 18.1. The van der Waals surface area contributed by atoms with E-state index in [1.807, 2.05) is 109 Å². The minimum atomic E-state index is -0.924. The first-order valence-electron chi connectivity index (χ1n) is 14.4. The Kier molecular flexibility index (Phi) is 9.13. The number of fused-ring (bicyclic) bond motifs is 1. The highest BCUT2D eigenvalue weighted by Gasteiger charge is 2.55. The second-order valence-corrected chi connectivity index (χ2v) is 12.7. The van der Waals surface area contributed by atoms with Crippen LogP contribution in [0.25, 0.3) is 0 Å². The Labute approximate surface area is 269 Å². The maximum Gasteiger partial charge on any atom is 0.356 e. The molecule has 1 fully saturated rings. The fourth-order valence-corrected chi connectivity index (χ4v) is 7.59. The molecular formula is C35H30N2O6S2. The van der Waals surface area contributed by atoms with Gasteiger partial charge in [-0.25, -0.2) is 4.79 Å². The zero-order valence-corrected chi connectivity index (χ0v) is 26.0. The van der Waals surface area contributed by atoms with Gasteiger partial charge in [-0.2, -0.15) is 0 Å². The van der Waals surface area contributed by atoms with Gasteiger partial charge < -0.3 is 14.8 Å². The molecule has 8 nitrogen and oxygen atoms in total. The monoisotopic (exact) mass is 638 g/mol. The summed E-state index contributed by atoms with van der Waals surface area (Å²) in [7, 11) is 0. The van der Waals surface area contributed by atoms with Gasteiger partial charge in [-0.15, -0.1) is 23.1 Å². The molecule has 228 valence electrons. The molecule has 2 unspecified atom stereocenters. The average molecular weight is 639 g/mol. The number of nitrogens with zero attached hydrogens (tertiary/aromatic N) is 1. The van der Waals surface area contributed by atoms with Crippen LogP contribution >= 0.6 is 23.1 Å². The molecular weight excluding hydrogens is 609 g/mol. The molecule has 1 aromatic heterocycles. The molecule has 10 heteroatoms. The lowest BCUT2D eigenvalue weighted by Crippen LogP contribution is -2.70. The topological polar surface area (TPSA) is 102 Å². The number of β-lactam (4-membered cyclic amide) rings is 1. The molecule has 0 bridgehead atoms. The lowest BCUT2D eigenvalue weighted by Gasteiger charge is -2.50. The van der Waals surface area contributed by atoms with Gasteiger partial charge in [0.15, 0.2) is 12.2 Å². The standard InChI is InChI=1S/C35H30N2O6S2/c1-22(38)42-32(25-16-9-4-10-17-25)27-21-45-34-29(36-28(39)20-26-18-11-19-44-26)33(40)37(34)30(27)35(41)43-31(23-12-5-2-6-13-23)24-14-7-3-8-15-24/h2-19,29,31-32,34H,20-21H2,1H3,(H,36,39)/t29?,32?,34-/m0/s1. The van der Waals surface area contributed by atoms with Crippen LogP contribution in [0.3, 0.4) is 0 Å². The number of thiophene rings is 1. The SMILES string of the molecule is CC(=O)OC(C1=C(C(=O)OC(c2ccccc2)c2ccccc2)N2C(=O)C(NC(=O)Cc3cccs3)[C@@H]2SC1)c1ccccc1. The maximum absolute atomic E-state index is 14.4. The first-order chi connectivity index (χ1) is 21.9. The Balaban J connectivity index is 1.37. The molecule has 45 heavy (non-hydrogen) atoms. The molecule has 1 saturated heterocycles. The number of esters is 2. The lowest BCUT2D eigenvalue weighted by atomic mass is 9.96. The third kappa shape index (κ3) is 6.57. The summed E-state index contributed by atoms with van der Waals surface area (Å²) in [6, 6.07) is 30.7. The fourth-order valence-electron chi connectivity index (χ4n) is 5.51. The van der Waals surface area contributed by atoms with Crippen LogP contribution in [0.4, 0.5) is 0 Å². The van der Waals surface area contributed by atoms with Gasteiger partial charge in [0, 0.05) is 23.1 Å². The second-order valence-electron chi connectivity index (χ2n) is 10.6. The van der Waals surface area contributed by atoms with Crippen molar-refractivity contribution in [2.45, 2.75) is 37.0 Å². The number of rotatable bonds is 10. The zero-order valence-electron chi connectivity index (χ0n) is 24.3. The number of benzene rings is 3. The number of nitrogens with one attached hydrogen (secondary N) is 1. The van der Waals surface area contributed by atoms with Crippen molar-refractivity contribution >= 4 is 46.9 Å². The summed E-state index contributed by atoms with van der Waals surface area (Å²) in [5.74, 6) is -1.69. The van der Waals surface area contributed by atoms with Gasteiger partial charge in [0.25, 0.3) is 5.91 Å². The highest BCUT2D eigenvalue weighted by molar-refractivity contribution is 8.00. The Morgan fingerprint density at radius 2 is 1.40 bits per heavy atom. The van der Waals surface area contributed by atoms with Crippen molar-refractivity contribution in [3.05, 3.63) is 141 Å². The van der Waals surface area contributed by atoms with E-state index >= 15 is 0 Å². The van der Waals surface area contributed by atoms with Crippen LogP contribution in [0.2, 0.25) is 0 Å². The summed E-state index contributed by atoms with van der Waals surface area (Å²) in [4.78, 5) is 55.5. The predicted octanol–water partition coefficient (Wildman–Crippen LogP) is 5.58. The highest BCUT2D eigenvalue weighted by atomic mass is 32.2. The zero-order chi connectivity index (χ0) is 31.3. The number of carbonyl (C=O) groups excluding carboxylic acids is 4. The molecule has 2 aliphatic rings. The molecule has 1 N–H and O–H groups in total. The van der Waals surface area contributed by atoms with E-state index in [1.165, 1.54) is 34.9 Å². The second kappa shape index (κ2) is 13.5. The summed E-state index contributed by atoms with van der Waals surface area (Å²) < 4.78 is 12.0. The smallest absolute Gasteiger partial charge is 0.356 e. The van der Waals surface area contributed by atoms with Crippen LogP contribution < -0.4 is 5.32 Å². The lowest BCUT2D eigenvalue weighted by molar-refractivity contribution is -0.155. The molecule has 6 rings (SSSR count). The summed E-state index contributed by atoms with van der Waals surface area (Å²) in [6.07, 6.45) is -1.53. The summed E-state index contributed by atoms with van der Waals surface area (Å²) in [5, 5.41) is 4.22. The number of hydrogen-bond acceptors (Lipinski definition) is 8. The van der Waals surface area contributed by atoms with E-state index in [4.69, 9.17) is 9.47 Å². The number of ether oxygens (including phenoxy) is 2. The van der Waals surface area contributed by atoms with Crippen LogP contribution in [0.5, 0.6) is 0 Å². The van der Waals surface area contributed by atoms with Crippen molar-refractivity contribution in [2.24, 2.45) is 0 Å². The molecule has 3 atom stereocenters.